The summed E-state index contributed by atoms with van der Waals surface area (Å²) >= 11 is 0. The molecule has 0 amide bonds. The van der Waals surface area contributed by atoms with Crippen LogP contribution in [0.5, 0.6) is 0 Å². The number of hydrogen-bond donors (Lipinski definition) is 0. The molecule has 5 rings (SSSR count). The second kappa shape index (κ2) is 8.75. The maximum Gasteiger partial charge on any atom is 0.433 e. The van der Waals surface area contributed by atoms with E-state index < -0.39 is 23.1 Å². The van der Waals surface area contributed by atoms with Crippen LogP contribution in [0.15, 0.2) is 30.9 Å². The number of rotatable bonds is 3. The molecule has 0 aromatic carbocycles. The highest BCUT2D eigenvalue weighted by molar-refractivity contribution is 5.87. The van der Waals surface area contributed by atoms with Crippen molar-refractivity contribution in [3.63, 3.8) is 0 Å². The van der Waals surface area contributed by atoms with Gasteiger partial charge in [-0.1, -0.05) is 0 Å². The van der Waals surface area contributed by atoms with E-state index in [1.54, 1.807) is 32.4 Å². The minimum Gasteiger partial charge on any atom is -0.368 e. The van der Waals surface area contributed by atoms with E-state index in [2.05, 4.69) is 31.3 Å². The highest BCUT2D eigenvalue weighted by Crippen LogP contribution is 2.42. The van der Waals surface area contributed by atoms with E-state index in [9.17, 15) is 18.4 Å². The quantitative estimate of drug-likeness (QED) is 0.355. The molecule has 5 heterocycles. The number of hydrogen-bond acceptors (Lipinski definition) is 7. The molecular weight excluding hydrogens is 502 g/mol. The van der Waals surface area contributed by atoms with Crippen LogP contribution in [0.3, 0.4) is 0 Å². The van der Waals surface area contributed by atoms with E-state index in [4.69, 9.17) is 0 Å². The van der Waals surface area contributed by atoms with Gasteiger partial charge in [-0.05, 0) is 32.9 Å². The number of alkyl halides is 4. The van der Waals surface area contributed by atoms with Crippen molar-refractivity contribution in [3.05, 3.63) is 47.9 Å². The molecule has 1 saturated heterocycles. The fourth-order valence-electron chi connectivity index (χ4n) is 4.93. The van der Waals surface area contributed by atoms with Gasteiger partial charge in [-0.3, -0.25) is 9.67 Å². The van der Waals surface area contributed by atoms with E-state index in [-0.39, 0.29) is 48.4 Å². The van der Waals surface area contributed by atoms with Crippen LogP contribution < -0.4 is 4.90 Å². The zero-order valence-electron chi connectivity index (χ0n) is 21.3. The third kappa shape index (κ3) is 4.23. The Bertz CT molecular complexity index is 1550. The molecule has 4 aromatic rings. The Hall–Kier alpha value is -4.08. The lowest BCUT2D eigenvalue weighted by Crippen LogP contribution is -2.42. The highest BCUT2D eigenvalue weighted by atomic mass is 19.4. The summed E-state index contributed by atoms with van der Waals surface area (Å²) in [6.07, 6.45) is -0.230. The summed E-state index contributed by atoms with van der Waals surface area (Å²) in [4.78, 5) is 10.5. The fraction of sp³-hybridized carbons (Fsp3) is 0.440. The SMILES string of the molecule is Cn1cnnc1C1(F)CCN(c2c(C#N)ccnc2-c2cnc3nn(C(C)(C)C)c(C(F)(F)F)c3c2)CC1. The summed E-state index contributed by atoms with van der Waals surface area (Å²) in [7, 11) is 1.68. The molecule has 1 aliphatic heterocycles. The lowest BCUT2D eigenvalue weighted by molar-refractivity contribution is -0.144. The average Bonchev–Trinajstić information content (AvgIpc) is 3.47. The van der Waals surface area contributed by atoms with Gasteiger partial charge in [0.05, 0.1) is 27.9 Å². The van der Waals surface area contributed by atoms with Gasteiger partial charge in [-0.25, -0.2) is 9.37 Å². The van der Waals surface area contributed by atoms with Gasteiger partial charge in [0.25, 0.3) is 0 Å². The number of piperidine rings is 1. The molecule has 38 heavy (non-hydrogen) atoms. The molecule has 0 unspecified atom stereocenters. The van der Waals surface area contributed by atoms with Crippen molar-refractivity contribution in [2.24, 2.45) is 7.05 Å². The van der Waals surface area contributed by atoms with Crippen molar-refractivity contribution < 1.29 is 17.6 Å². The molecule has 1 fully saturated rings. The van der Waals surface area contributed by atoms with Crippen molar-refractivity contribution in [2.45, 2.75) is 51.0 Å². The van der Waals surface area contributed by atoms with E-state index >= 15 is 4.39 Å². The Morgan fingerprint density at radius 2 is 1.82 bits per heavy atom. The summed E-state index contributed by atoms with van der Waals surface area (Å²) in [6.45, 7) is 5.37. The Morgan fingerprint density at radius 3 is 2.39 bits per heavy atom. The second-order valence-electron chi connectivity index (χ2n) is 10.4. The van der Waals surface area contributed by atoms with Gasteiger partial charge in [-0.15, -0.1) is 10.2 Å². The zero-order valence-corrected chi connectivity index (χ0v) is 21.3. The van der Waals surface area contributed by atoms with Crippen molar-refractivity contribution in [2.75, 3.05) is 18.0 Å². The molecule has 0 aliphatic carbocycles. The summed E-state index contributed by atoms with van der Waals surface area (Å²) in [6, 6.07) is 5.03. The molecule has 9 nitrogen and oxygen atoms in total. The standard InChI is InChI=1S/C25H25F4N9/c1-23(2,3)38-20(25(27,28)29)17-11-16(13-32-21(17)35-38)18-19(15(12-30)5-8-31-18)37-9-6-24(26,7-10-37)22-34-33-14-36(22)4/h5,8,11,13-14H,6-7,9-10H2,1-4H3. The highest BCUT2D eigenvalue weighted by Gasteiger charge is 2.42. The number of aryl methyl sites for hydroxylation is 1. The second-order valence-corrected chi connectivity index (χ2v) is 10.4. The summed E-state index contributed by atoms with van der Waals surface area (Å²) in [5.74, 6) is 0.231. The van der Waals surface area contributed by atoms with Gasteiger partial charge >= 0.3 is 6.18 Å². The molecule has 0 atom stereocenters. The minimum absolute atomic E-state index is 0.0437. The third-order valence-electron chi connectivity index (χ3n) is 6.73. The lowest BCUT2D eigenvalue weighted by atomic mass is 9.91. The number of halogens is 4. The summed E-state index contributed by atoms with van der Waals surface area (Å²) < 4.78 is 60.8. The van der Waals surface area contributed by atoms with Crippen molar-refractivity contribution in [1.82, 2.24) is 34.5 Å². The van der Waals surface area contributed by atoms with Gasteiger partial charge < -0.3 is 9.47 Å². The van der Waals surface area contributed by atoms with E-state index in [1.165, 1.54) is 30.9 Å². The van der Waals surface area contributed by atoms with Crippen LogP contribution in [0.4, 0.5) is 23.2 Å². The van der Waals surface area contributed by atoms with E-state index in [0.29, 0.717) is 16.9 Å². The molecule has 0 saturated carbocycles. The van der Waals surface area contributed by atoms with Gasteiger partial charge in [0.1, 0.15) is 12.4 Å². The molecule has 4 aromatic heterocycles. The Balaban J connectivity index is 1.59. The number of nitrogens with zero attached hydrogens (tertiary/aromatic N) is 9. The fourth-order valence-corrected chi connectivity index (χ4v) is 4.93. The maximum absolute atomic E-state index is 15.8. The molecule has 0 spiro atoms. The first-order valence-corrected chi connectivity index (χ1v) is 12.0. The normalized spacial score (nSPS) is 16.1. The smallest absolute Gasteiger partial charge is 0.368 e. The monoisotopic (exact) mass is 527 g/mol. The van der Waals surface area contributed by atoms with Gasteiger partial charge in [0, 0.05) is 50.9 Å². The topological polar surface area (TPSA) is 101 Å². The first-order chi connectivity index (χ1) is 17.8. The average molecular weight is 528 g/mol. The number of fused-ring (bicyclic) bond motifs is 1. The van der Waals surface area contributed by atoms with Crippen LogP contribution >= 0.6 is 0 Å². The predicted octanol–water partition coefficient (Wildman–Crippen LogP) is 4.73. The molecule has 1 aliphatic rings. The first kappa shape index (κ1) is 25.6. The van der Waals surface area contributed by atoms with Crippen molar-refractivity contribution in [1.29, 1.82) is 5.26 Å². The Morgan fingerprint density at radius 1 is 1.11 bits per heavy atom. The van der Waals surface area contributed by atoms with Gasteiger partial charge in [0.2, 0.25) is 0 Å². The Labute approximate surface area is 215 Å². The number of pyridine rings is 2. The van der Waals surface area contributed by atoms with Crippen molar-refractivity contribution in [3.8, 4) is 17.3 Å². The van der Waals surface area contributed by atoms with Gasteiger partial charge in [-0.2, -0.15) is 23.5 Å². The van der Waals surface area contributed by atoms with Crippen molar-refractivity contribution >= 4 is 16.7 Å². The van der Waals surface area contributed by atoms with Crippen LogP contribution in [0.25, 0.3) is 22.3 Å². The Kier molecular flexibility index (Phi) is 5.89. The van der Waals surface area contributed by atoms with Crippen LogP contribution in [-0.4, -0.2) is 47.6 Å². The zero-order chi connectivity index (χ0) is 27.5. The van der Waals surface area contributed by atoms with Crippen LogP contribution in [0, 0.1) is 11.3 Å². The summed E-state index contributed by atoms with van der Waals surface area (Å²) in [5.41, 5.74) is -2.29. The third-order valence-corrected chi connectivity index (χ3v) is 6.73. The van der Waals surface area contributed by atoms with Crippen LogP contribution in [-0.2, 0) is 24.4 Å². The molecule has 13 heteroatoms. The van der Waals surface area contributed by atoms with E-state index in [0.717, 1.165) is 4.68 Å². The van der Waals surface area contributed by atoms with E-state index in [1.807, 2.05) is 4.90 Å². The van der Waals surface area contributed by atoms with Crippen LogP contribution in [0.2, 0.25) is 0 Å². The first-order valence-electron chi connectivity index (χ1n) is 12.0. The molecule has 0 bridgehead atoms. The van der Waals surface area contributed by atoms with Gasteiger partial charge in [0.15, 0.2) is 22.8 Å². The molecule has 0 N–H and O–H groups in total. The molecular formula is C25H25F4N9. The number of anilines is 1. The maximum atomic E-state index is 15.8. The largest absolute Gasteiger partial charge is 0.433 e. The predicted molar refractivity (Wildman–Crippen MR) is 131 cm³/mol. The number of aromatic nitrogens is 7. The number of nitriles is 1. The van der Waals surface area contributed by atoms with Crippen LogP contribution in [0.1, 0.15) is 50.7 Å². The lowest BCUT2D eigenvalue weighted by Gasteiger charge is -2.37. The molecule has 0 radical (unpaired) electrons. The summed E-state index contributed by atoms with van der Waals surface area (Å²) in [5, 5.41) is 21.5. The minimum atomic E-state index is -4.68. The molecule has 198 valence electrons.